The zero-order valence-corrected chi connectivity index (χ0v) is 17.1. The Morgan fingerprint density at radius 3 is 2.22 bits per heavy atom. The zero-order valence-electron chi connectivity index (χ0n) is 15.5. The van der Waals surface area contributed by atoms with E-state index in [0.717, 1.165) is 11.1 Å². The van der Waals surface area contributed by atoms with E-state index in [4.69, 9.17) is 0 Å². The molecule has 0 spiro atoms. The smallest absolute Gasteiger partial charge is 0.183 e. The molecule has 2 aromatic rings. The minimum atomic E-state index is -3.75. The van der Waals surface area contributed by atoms with Crippen LogP contribution in [-0.4, -0.2) is 39.6 Å². The first-order chi connectivity index (χ1) is 12.7. The summed E-state index contributed by atoms with van der Waals surface area (Å²) in [7, 11) is -7.15. The molecule has 2 atom stereocenters. The van der Waals surface area contributed by atoms with E-state index in [9.17, 15) is 16.8 Å². The van der Waals surface area contributed by atoms with Crippen LogP contribution < -0.4 is 5.32 Å². The third-order valence-electron chi connectivity index (χ3n) is 4.99. The van der Waals surface area contributed by atoms with Crippen LogP contribution in [0.1, 0.15) is 30.9 Å². The third-order valence-corrected chi connectivity index (χ3v) is 9.15. The molecular formula is C20H25NO4S2. The molecule has 7 heteroatoms. The van der Waals surface area contributed by atoms with Crippen LogP contribution in [0, 0.1) is 0 Å². The van der Waals surface area contributed by atoms with Gasteiger partial charge in [-0.15, -0.1) is 0 Å². The topological polar surface area (TPSA) is 80.3 Å². The molecule has 1 heterocycles. The van der Waals surface area contributed by atoms with Crippen molar-refractivity contribution in [2.24, 2.45) is 0 Å². The number of rotatable bonds is 6. The Morgan fingerprint density at radius 1 is 1.00 bits per heavy atom. The molecule has 1 fully saturated rings. The highest BCUT2D eigenvalue weighted by atomic mass is 32.2. The number of sulfone groups is 2. The van der Waals surface area contributed by atoms with Crippen LogP contribution in [-0.2, 0) is 26.2 Å². The highest BCUT2D eigenvalue weighted by Crippen LogP contribution is 2.27. The molecule has 0 aliphatic carbocycles. The van der Waals surface area contributed by atoms with Crippen molar-refractivity contribution in [3.05, 3.63) is 65.7 Å². The quantitative estimate of drug-likeness (QED) is 0.796. The predicted molar refractivity (Wildman–Crippen MR) is 107 cm³/mol. The largest absolute Gasteiger partial charge is 0.308 e. The van der Waals surface area contributed by atoms with Gasteiger partial charge in [-0.2, -0.15) is 0 Å². The minimum Gasteiger partial charge on any atom is -0.308 e. The highest BCUT2D eigenvalue weighted by molar-refractivity contribution is 7.96. The molecule has 0 unspecified atom stereocenters. The number of nitrogens with one attached hydrogen (secondary N) is 1. The van der Waals surface area contributed by atoms with Crippen LogP contribution in [0.5, 0.6) is 0 Å². The van der Waals surface area contributed by atoms with Gasteiger partial charge in [0.25, 0.3) is 0 Å². The van der Waals surface area contributed by atoms with Gasteiger partial charge in [0, 0.05) is 12.6 Å². The van der Waals surface area contributed by atoms with E-state index in [1.165, 1.54) is 0 Å². The first kappa shape index (κ1) is 20.0. The second-order valence-corrected chi connectivity index (χ2v) is 11.7. The summed E-state index contributed by atoms with van der Waals surface area (Å²) < 4.78 is 50.6. The van der Waals surface area contributed by atoms with Gasteiger partial charge < -0.3 is 5.32 Å². The van der Waals surface area contributed by atoms with E-state index in [1.54, 1.807) is 24.3 Å². The fraction of sp³-hybridized carbons (Fsp3) is 0.400. The van der Waals surface area contributed by atoms with Crippen LogP contribution in [0.4, 0.5) is 0 Å². The van der Waals surface area contributed by atoms with Crippen LogP contribution in [0.25, 0.3) is 0 Å². The van der Waals surface area contributed by atoms with Crippen molar-refractivity contribution in [3.8, 4) is 0 Å². The molecule has 1 aliphatic heterocycles. The van der Waals surface area contributed by atoms with E-state index >= 15 is 0 Å². The maximum Gasteiger partial charge on any atom is 0.183 e. The molecule has 1 N–H and O–H groups in total. The van der Waals surface area contributed by atoms with Crippen LogP contribution >= 0.6 is 0 Å². The van der Waals surface area contributed by atoms with Gasteiger partial charge in [0.1, 0.15) is 0 Å². The summed E-state index contributed by atoms with van der Waals surface area (Å²) >= 11 is 0. The van der Waals surface area contributed by atoms with Crippen molar-refractivity contribution in [2.75, 3.05) is 11.5 Å². The molecule has 0 aromatic heterocycles. The molecule has 146 valence electrons. The number of hydrogen-bond acceptors (Lipinski definition) is 5. The number of hydrogen-bond donors (Lipinski definition) is 1. The van der Waals surface area contributed by atoms with Gasteiger partial charge in [0.2, 0.25) is 0 Å². The first-order valence-corrected chi connectivity index (χ1v) is 12.4. The summed E-state index contributed by atoms with van der Waals surface area (Å²) in [5.41, 5.74) is 2.03. The Bertz CT molecular complexity index is 982. The fourth-order valence-corrected chi connectivity index (χ4v) is 8.09. The standard InChI is InChI=1S/C20H25NO4S2/c1-15(2)17-8-10-18(11-9-17)27(24,25)20-14-26(22,23)13-19(20)21-12-16-6-4-3-5-7-16/h3-11,15,19-21H,12-14H2,1-2H3/t19-,20-/m0/s1. The lowest BCUT2D eigenvalue weighted by molar-refractivity contribution is 0.526. The molecule has 27 heavy (non-hydrogen) atoms. The van der Waals surface area contributed by atoms with E-state index in [-0.39, 0.29) is 16.4 Å². The molecule has 0 radical (unpaired) electrons. The van der Waals surface area contributed by atoms with Gasteiger partial charge in [0.15, 0.2) is 19.7 Å². The van der Waals surface area contributed by atoms with E-state index in [1.807, 2.05) is 44.2 Å². The van der Waals surface area contributed by atoms with Crippen molar-refractivity contribution in [2.45, 2.75) is 42.5 Å². The van der Waals surface area contributed by atoms with Gasteiger partial charge in [-0.1, -0.05) is 56.3 Å². The Balaban J connectivity index is 1.84. The third kappa shape index (κ3) is 4.59. The van der Waals surface area contributed by atoms with Gasteiger partial charge in [-0.25, -0.2) is 16.8 Å². The molecular weight excluding hydrogens is 382 g/mol. The first-order valence-electron chi connectivity index (χ1n) is 9.00. The predicted octanol–water partition coefficient (Wildman–Crippen LogP) is 2.54. The minimum absolute atomic E-state index is 0.159. The van der Waals surface area contributed by atoms with Crippen molar-refractivity contribution >= 4 is 19.7 Å². The summed E-state index contributed by atoms with van der Waals surface area (Å²) in [5.74, 6) is -0.199. The molecule has 5 nitrogen and oxygen atoms in total. The monoisotopic (exact) mass is 407 g/mol. The van der Waals surface area contributed by atoms with Crippen molar-refractivity contribution in [1.82, 2.24) is 5.32 Å². The fourth-order valence-electron chi connectivity index (χ4n) is 3.37. The summed E-state index contributed by atoms with van der Waals surface area (Å²) in [6.45, 7) is 4.51. The average Bonchev–Trinajstić information content (AvgIpc) is 2.96. The van der Waals surface area contributed by atoms with Gasteiger partial charge in [-0.05, 0) is 29.2 Å². The molecule has 3 rings (SSSR count). The molecule has 2 aromatic carbocycles. The van der Waals surface area contributed by atoms with E-state index < -0.39 is 31.0 Å². The molecule has 0 amide bonds. The summed E-state index contributed by atoms with van der Waals surface area (Å²) in [6.07, 6.45) is 0. The second-order valence-electron chi connectivity index (χ2n) is 7.36. The number of benzene rings is 2. The van der Waals surface area contributed by atoms with Crippen LogP contribution in [0.15, 0.2) is 59.5 Å². The Labute approximate surface area is 161 Å². The van der Waals surface area contributed by atoms with Crippen molar-refractivity contribution in [3.63, 3.8) is 0 Å². The zero-order chi connectivity index (χ0) is 19.7. The van der Waals surface area contributed by atoms with E-state index in [2.05, 4.69) is 5.32 Å². The van der Waals surface area contributed by atoms with Crippen LogP contribution in [0.3, 0.4) is 0 Å². The van der Waals surface area contributed by atoms with Gasteiger partial charge >= 0.3 is 0 Å². The Hall–Kier alpha value is -1.70. The van der Waals surface area contributed by atoms with Gasteiger partial charge in [0.05, 0.1) is 21.7 Å². The Morgan fingerprint density at radius 2 is 1.63 bits per heavy atom. The second kappa shape index (κ2) is 7.73. The SMILES string of the molecule is CC(C)c1ccc(S(=O)(=O)[C@H]2CS(=O)(=O)C[C@@H]2NCc2ccccc2)cc1. The molecule has 1 aliphatic rings. The lowest BCUT2D eigenvalue weighted by Crippen LogP contribution is -2.43. The molecule has 1 saturated heterocycles. The highest BCUT2D eigenvalue weighted by Gasteiger charge is 2.45. The maximum absolute atomic E-state index is 13.1. The summed E-state index contributed by atoms with van der Waals surface area (Å²) in [6, 6.07) is 15.7. The summed E-state index contributed by atoms with van der Waals surface area (Å²) in [5, 5.41) is 2.17. The Kier molecular flexibility index (Phi) is 5.74. The molecule has 0 saturated carbocycles. The lowest BCUT2D eigenvalue weighted by Gasteiger charge is -2.20. The normalized spacial score (nSPS) is 22.2. The molecule has 0 bridgehead atoms. The average molecular weight is 408 g/mol. The van der Waals surface area contributed by atoms with E-state index in [0.29, 0.717) is 12.5 Å². The van der Waals surface area contributed by atoms with Crippen LogP contribution in [0.2, 0.25) is 0 Å². The van der Waals surface area contributed by atoms with Crippen molar-refractivity contribution < 1.29 is 16.8 Å². The summed E-state index contributed by atoms with van der Waals surface area (Å²) in [4.78, 5) is 0.181. The lowest BCUT2D eigenvalue weighted by atomic mass is 10.0. The van der Waals surface area contributed by atoms with Crippen molar-refractivity contribution in [1.29, 1.82) is 0 Å². The van der Waals surface area contributed by atoms with Gasteiger partial charge in [-0.3, -0.25) is 0 Å². The maximum atomic E-state index is 13.1.